The van der Waals surface area contributed by atoms with E-state index in [0.29, 0.717) is 5.56 Å². The van der Waals surface area contributed by atoms with Crippen molar-refractivity contribution in [2.75, 3.05) is 0 Å². The summed E-state index contributed by atoms with van der Waals surface area (Å²) in [4.78, 5) is 20.0. The van der Waals surface area contributed by atoms with Gasteiger partial charge in [0.1, 0.15) is 6.07 Å². The SMILES string of the molecule is CC(=O)OOC(C)(C#N)c1ccccc1C. The molecule has 1 aromatic carbocycles. The van der Waals surface area contributed by atoms with Crippen LogP contribution in [-0.4, -0.2) is 5.97 Å². The van der Waals surface area contributed by atoms with Crippen LogP contribution in [0.3, 0.4) is 0 Å². The lowest BCUT2D eigenvalue weighted by Gasteiger charge is -2.21. The molecule has 4 heteroatoms. The second-order valence-corrected chi connectivity index (χ2v) is 3.62. The minimum Gasteiger partial charge on any atom is -0.297 e. The number of carbonyl (C=O) groups excluding carboxylic acids is 1. The summed E-state index contributed by atoms with van der Waals surface area (Å²) in [5.41, 5.74) is 0.300. The van der Waals surface area contributed by atoms with E-state index in [1.54, 1.807) is 19.1 Å². The van der Waals surface area contributed by atoms with Crippen LogP contribution in [0.15, 0.2) is 24.3 Å². The Morgan fingerprint density at radius 2 is 2.06 bits per heavy atom. The molecule has 0 N–H and O–H groups in total. The van der Waals surface area contributed by atoms with Gasteiger partial charge in [-0.3, -0.25) is 4.89 Å². The highest BCUT2D eigenvalue weighted by atomic mass is 17.2. The molecule has 1 atom stereocenters. The third-order valence-electron chi connectivity index (χ3n) is 2.20. The smallest absolute Gasteiger partial charge is 0.297 e. The lowest BCUT2D eigenvalue weighted by Crippen LogP contribution is -2.26. The van der Waals surface area contributed by atoms with Crippen LogP contribution in [0, 0.1) is 18.3 Å². The Hall–Kier alpha value is -1.86. The maximum atomic E-state index is 10.7. The number of nitriles is 1. The Morgan fingerprint density at radius 1 is 1.44 bits per heavy atom. The molecule has 0 amide bonds. The zero-order valence-corrected chi connectivity index (χ0v) is 9.48. The summed E-state index contributed by atoms with van der Waals surface area (Å²) in [5, 5.41) is 9.11. The Kier molecular flexibility index (Phi) is 3.64. The maximum Gasteiger partial charge on any atom is 0.339 e. The van der Waals surface area contributed by atoms with Crippen molar-refractivity contribution in [2.24, 2.45) is 0 Å². The number of benzene rings is 1. The van der Waals surface area contributed by atoms with Crippen molar-refractivity contribution in [1.29, 1.82) is 5.26 Å². The molecule has 0 radical (unpaired) electrons. The predicted molar refractivity (Wildman–Crippen MR) is 57.0 cm³/mol. The highest BCUT2D eigenvalue weighted by Gasteiger charge is 2.31. The van der Waals surface area contributed by atoms with Gasteiger partial charge in [-0.05, 0) is 19.4 Å². The first-order valence-corrected chi connectivity index (χ1v) is 4.83. The number of aryl methyl sites for hydroxylation is 1. The summed E-state index contributed by atoms with van der Waals surface area (Å²) in [7, 11) is 0. The molecule has 0 saturated carbocycles. The van der Waals surface area contributed by atoms with Crippen LogP contribution in [0.25, 0.3) is 0 Å². The topological polar surface area (TPSA) is 59.3 Å². The fraction of sp³-hybridized carbons (Fsp3) is 0.333. The van der Waals surface area contributed by atoms with Crippen LogP contribution in [0.2, 0.25) is 0 Å². The Labute approximate surface area is 94.3 Å². The van der Waals surface area contributed by atoms with Crippen LogP contribution in [0.5, 0.6) is 0 Å². The molecule has 0 saturated heterocycles. The minimum absolute atomic E-state index is 0.588. The van der Waals surface area contributed by atoms with Gasteiger partial charge >= 0.3 is 5.97 Å². The van der Waals surface area contributed by atoms with Gasteiger partial charge in [0.15, 0.2) is 0 Å². The van der Waals surface area contributed by atoms with Crippen molar-refractivity contribution in [2.45, 2.75) is 26.4 Å². The van der Waals surface area contributed by atoms with E-state index in [4.69, 9.17) is 10.1 Å². The van der Waals surface area contributed by atoms with Crippen molar-refractivity contribution in [3.63, 3.8) is 0 Å². The van der Waals surface area contributed by atoms with E-state index in [2.05, 4.69) is 4.89 Å². The molecule has 16 heavy (non-hydrogen) atoms. The van der Waals surface area contributed by atoms with Gasteiger partial charge in [0.05, 0.1) is 0 Å². The van der Waals surface area contributed by atoms with Gasteiger partial charge in [-0.25, -0.2) is 4.79 Å². The summed E-state index contributed by atoms with van der Waals surface area (Å²) >= 11 is 0. The maximum absolute atomic E-state index is 10.7. The first-order chi connectivity index (χ1) is 7.49. The number of rotatable bonds is 3. The highest BCUT2D eigenvalue weighted by Crippen LogP contribution is 2.27. The number of carbonyl (C=O) groups is 1. The Bertz CT molecular complexity index is 436. The number of nitrogens with zero attached hydrogens (tertiary/aromatic N) is 1. The molecule has 0 bridgehead atoms. The summed E-state index contributed by atoms with van der Waals surface area (Å²) in [6.07, 6.45) is 0. The largest absolute Gasteiger partial charge is 0.339 e. The van der Waals surface area contributed by atoms with Crippen LogP contribution in [0.4, 0.5) is 0 Å². The second-order valence-electron chi connectivity index (χ2n) is 3.62. The van der Waals surface area contributed by atoms with E-state index < -0.39 is 11.6 Å². The summed E-state index contributed by atoms with van der Waals surface area (Å²) in [6.45, 7) is 4.63. The van der Waals surface area contributed by atoms with Crippen LogP contribution in [0.1, 0.15) is 25.0 Å². The third-order valence-corrected chi connectivity index (χ3v) is 2.20. The van der Waals surface area contributed by atoms with Crippen molar-refractivity contribution in [1.82, 2.24) is 0 Å². The molecule has 4 nitrogen and oxygen atoms in total. The summed E-state index contributed by atoms with van der Waals surface area (Å²) in [6, 6.07) is 9.28. The standard InChI is InChI=1S/C12H13NO3/c1-9-6-4-5-7-11(9)12(3,8-13)16-15-10(2)14/h4-7H,1-3H3. The monoisotopic (exact) mass is 219 g/mol. The van der Waals surface area contributed by atoms with Gasteiger partial charge in [0.2, 0.25) is 5.60 Å². The van der Waals surface area contributed by atoms with Gasteiger partial charge in [-0.15, -0.1) is 0 Å². The number of hydrogen-bond acceptors (Lipinski definition) is 4. The predicted octanol–water partition coefficient (Wildman–Crippen LogP) is 2.23. The molecule has 0 aliphatic rings. The molecular formula is C12H13NO3. The van der Waals surface area contributed by atoms with Gasteiger partial charge in [-0.1, -0.05) is 24.3 Å². The molecular weight excluding hydrogens is 206 g/mol. The van der Waals surface area contributed by atoms with E-state index in [0.717, 1.165) is 5.56 Å². The normalized spacial score (nSPS) is 13.6. The van der Waals surface area contributed by atoms with Crippen molar-refractivity contribution >= 4 is 5.97 Å². The van der Waals surface area contributed by atoms with Crippen molar-refractivity contribution in [3.05, 3.63) is 35.4 Å². The zero-order valence-electron chi connectivity index (χ0n) is 9.48. The van der Waals surface area contributed by atoms with Gasteiger partial charge in [0.25, 0.3) is 0 Å². The average molecular weight is 219 g/mol. The van der Waals surface area contributed by atoms with Crippen molar-refractivity contribution in [3.8, 4) is 6.07 Å². The van der Waals surface area contributed by atoms with Gasteiger partial charge in [-0.2, -0.15) is 10.1 Å². The van der Waals surface area contributed by atoms with Crippen LogP contribution >= 0.6 is 0 Å². The minimum atomic E-state index is -1.28. The molecule has 0 aliphatic carbocycles. The number of hydrogen-bond donors (Lipinski definition) is 0. The summed E-state index contributed by atoms with van der Waals surface area (Å²) < 4.78 is 0. The fourth-order valence-corrected chi connectivity index (χ4v) is 1.37. The fourth-order valence-electron chi connectivity index (χ4n) is 1.37. The first-order valence-electron chi connectivity index (χ1n) is 4.83. The molecule has 1 unspecified atom stereocenters. The quantitative estimate of drug-likeness (QED) is 0.577. The molecule has 84 valence electrons. The summed E-state index contributed by atoms with van der Waals surface area (Å²) in [5.74, 6) is -0.588. The molecule has 0 heterocycles. The second kappa shape index (κ2) is 4.77. The van der Waals surface area contributed by atoms with E-state index in [-0.39, 0.29) is 0 Å². The van der Waals surface area contributed by atoms with Crippen LogP contribution in [-0.2, 0) is 20.2 Å². The molecule has 0 spiro atoms. The average Bonchev–Trinajstić information content (AvgIpc) is 2.26. The van der Waals surface area contributed by atoms with E-state index in [1.165, 1.54) is 6.92 Å². The van der Waals surface area contributed by atoms with E-state index >= 15 is 0 Å². The Morgan fingerprint density at radius 3 is 2.56 bits per heavy atom. The first kappa shape index (κ1) is 12.2. The molecule has 0 aliphatic heterocycles. The Balaban J connectivity index is 3.02. The zero-order chi connectivity index (χ0) is 12.2. The molecule has 0 fully saturated rings. The molecule has 1 rings (SSSR count). The third kappa shape index (κ3) is 2.59. The molecule has 1 aromatic rings. The lowest BCUT2D eigenvalue weighted by atomic mass is 9.93. The van der Waals surface area contributed by atoms with E-state index in [9.17, 15) is 4.79 Å². The lowest BCUT2D eigenvalue weighted by molar-refractivity contribution is -0.317. The van der Waals surface area contributed by atoms with Gasteiger partial charge in [0, 0.05) is 12.5 Å². The highest BCUT2D eigenvalue weighted by molar-refractivity contribution is 5.65. The van der Waals surface area contributed by atoms with Gasteiger partial charge < -0.3 is 0 Å². The van der Waals surface area contributed by atoms with Crippen molar-refractivity contribution < 1.29 is 14.6 Å². The molecule has 0 aromatic heterocycles. The van der Waals surface area contributed by atoms with E-state index in [1.807, 2.05) is 25.1 Å². The van der Waals surface area contributed by atoms with Crippen LogP contribution < -0.4 is 0 Å².